The van der Waals surface area contributed by atoms with E-state index < -0.39 is 17.4 Å². The molecule has 0 saturated carbocycles. The van der Waals surface area contributed by atoms with Gasteiger partial charge in [-0.2, -0.15) is 0 Å². The molecule has 1 atom stereocenters. The molecule has 0 aliphatic carbocycles. The number of epoxide rings is 1. The summed E-state index contributed by atoms with van der Waals surface area (Å²) in [5.74, 6) is 0. The van der Waals surface area contributed by atoms with Crippen molar-refractivity contribution in [3.05, 3.63) is 0 Å². The third-order valence-corrected chi connectivity index (χ3v) is 1.83. The average Bonchev–Trinajstić information content (AvgIpc) is 2.77. The summed E-state index contributed by atoms with van der Waals surface area (Å²) in [4.78, 5) is 11.5. The fraction of sp³-hybridized carbons (Fsp3) is 0.909. The molecule has 5 heteroatoms. The largest absolute Gasteiger partial charge is 0.444 e. The summed E-state index contributed by atoms with van der Waals surface area (Å²) in [6, 6.07) is 0. The molecule has 0 aromatic heterocycles. The van der Waals surface area contributed by atoms with Gasteiger partial charge in [0.1, 0.15) is 17.4 Å². The zero-order chi connectivity index (χ0) is 12.4. The van der Waals surface area contributed by atoms with Crippen LogP contribution in [0.15, 0.2) is 0 Å². The number of nitrogens with one attached hydrogen (secondary N) is 1. The lowest BCUT2D eigenvalue weighted by Crippen LogP contribution is -2.48. The Labute approximate surface area is 96.4 Å². The molecule has 1 heterocycles. The first-order valence-corrected chi connectivity index (χ1v) is 5.45. The number of hydrogen-bond donors (Lipinski definition) is 1. The summed E-state index contributed by atoms with van der Waals surface area (Å²) in [5, 5.41) is 2.66. The zero-order valence-electron chi connectivity index (χ0n) is 10.6. The van der Waals surface area contributed by atoms with Gasteiger partial charge in [0.25, 0.3) is 0 Å². The van der Waals surface area contributed by atoms with Gasteiger partial charge in [0.2, 0.25) is 0 Å². The second-order valence-electron chi connectivity index (χ2n) is 5.40. The van der Waals surface area contributed by atoms with Gasteiger partial charge >= 0.3 is 6.09 Å². The monoisotopic (exact) mass is 231 g/mol. The number of hydrogen-bond acceptors (Lipinski definition) is 4. The first kappa shape index (κ1) is 13.3. The van der Waals surface area contributed by atoms with Crippen LogP contribution in [0.25, 0.3) is 0 Å². The molecule has 1 aliphatic heterocycles. The van der Waals surface area contributed by atoms with Crippen LogP contribution < -0.4 is 5.32 Å². The highest BCUT2D eigenvalue weighted by Gasteiger charge is 2.29. The second-order valence-corrected chi connectivity index (χ2v) is 5.40. The van der Waals surface area contributed by atoms with Crippen molar-refractivity contribution in [3.8, 4) is 0 Å². The number of rotatable bonds is 4. The fourth-order valence-electron chi connectivity index (χ4n) is 1.05. The lowest BCUT2D eigenvalue weighted by molar-refractivity contribution is -0.0530. The van der Waals surface area contributed by atoms with Crippen LogP contribution in [-0.2, 0) is 14.2 Å². The summed E-state index contributed by atoms with van der Waals surface area (Å²) >= 11 is 0. The summed E-state index contributed by atoms with van der Waals surface area (Å²) < 4.78 is 15.7. The van der Waals surface area contributed by atoms with Gasteiger partial charge in [-0.05, 0) is 34.6 Å². The van der Waals surface area contributed by atoms with Crippen molar-refractivity contribution in [2.45, 2.75) is 52.0 Å². The minimum absolute atomic E-state index is 0.180. The maximum atomic E-state index is 11.5. The maximum absolute atomic E-state index is 11.5. The number of alkyl carbamates (subject to hydrolysis) is 1. The molecule has 16 heavy (non-hydrogen) atoms. The standard InChI is InChI=1S/C11H21NO4/c1-10(2,3)16-9(13)12-11(4,5)15-7-8-6-14-8/h8H,6-7H2,1-5H3,(H,12,13). The highest BCUT2D eigenvalue weighted by Crippen LogP contribution is 2.14. The molecule has 0 aromatic carbocycles. The first-order chi connectivity index (χ1) is 7.18. The van der Waals surface area contributed by atoms with Crippen LogP contribution in [0.3, 0.4) is 0 Å². The quantitative estimate of drug-likeness (QED) is 0.590. The molecule has 1 aliphatic rings. The Kier molecular flexibility index (Phi) is 3.80. The molecular formula is C11H21NO4. The Morgan fingerprint density at radius 2 is 1.94 bits per heavy atom. The number of carbonyl (C=O) groups is 1. The van der Waals surface area contributed by atoms with E-state index in [0.29, 0.717) is 6.61 Å². The van der Waals surface area contributed by atoms with Crippen molar-refractivity contribution in [1.29, 1.82) is 0 Å². The zero-order valence-corrected chi connectivity index (χ0v) is 10.6. The van der Waals surface area contributed by atoms with E-state index in [1.54, 1.807) is 13.8 Å². The first-order valence-electron chi connectivity index (χ1n) is 5.45. The van der Waals surface area contributed by atoms with E-state index >= 15 is 0 Å². The minimum Gasteiger partial charge on any atom is -0.444 e. The molecule has 5 nitrogen and oxygen atoms in total. The maximum Gasteiger partial charge on any atom is 0.409 e. The van der Waals surface area contributed by atoms with E-state index in [2.05, 4.69) is 5.32 Å². The summed E-state index contributed by atoms with van der Waals surface area (Å²) in [6.45, 7) is 10.2. The van der Waals surface area contributed by atoms with Crippen LogP contribution >= 0.6 is 0 Å². The van der Waals surface area contributed by atoms with Gasteiger partial charge in [0.15, 0.2) is 0 Å². The van der Waals surface area contributed by atoms with Crippen LogP contribution in [0.1, 0.15) is 34.6 Å². The Bertz CT molecular complexity index is 253. The second kappa shape index (κ2) is 4.59. The van der Waals surface area contributed by atoms with E-state index in [1.807, 2.05) is 20.8 Å². The number of carbonyl (C=O) groups excluding carboxylic acids is 1. The molecule has 0 spiro atoms. The molecule has 1 fully saturated rings. The van der Waals surface area contributed by atoms with Crippen LogP contribution in [0.5, 0.6) is 0 Å². The summed E-state index contributed by atoms with van der Waals surface area (Å²) in [6.07, 6.45) is -0.297. The molecule has 1 unspecified atom stereocenters. The van der Waals surface area contributed by atoms with Gasteiger partial charge in [-0.15, -0.1) is 0 Å². The van der Waals surface area contributed by atoms with Gasteiger partial charge in [0, 0.05) is 0 Å². The highest BCUT2D eigenvalue weighted by molar-refractivity contribution is 5.68. The van der Waals surface area contributed by atoms with E-state index in [-0.39, 0.29) is 6.10 Å². The minimum atomic E-state index is -0.742. The van der Waals surface area contributed by atoms with E-state index in [9.17, 15) is 4.79 Å². The van der Waals surface area contributed by atoms with Crippen molar-refractivity contribution >= 4 is 6.09 Å². The van der Waals surface area contributed by atoms with Crippen LogP contribution in [-0.4, -0.2) is 36.7 Å². The average molecular weight is 231 g/mol. The van der Waals surface area contributed by atoms with Gasteiger partial charge < -0.3 is 14.2 Å². The third kappa shape index (κ3) is 5.92. The van der Waals surface area contributed by atoms with Crippen molar-refractivity contribution < 1.29 is 19.0 Å². The molecule has 1 N–H and O–H groups in total. The predicted molar refractivity (Wildman–Crippen MR) is 59.1 cm³/mol. The van der Waals surface area contributed by atoms with Crippen LogP contribution in [0, 0.1) is 0 Å². The molecular weight excluding hydrogens is 210 g/mol. The van der Waals surface area contributed by atoms with E-state index in [4.69, 9.17) is 14.2 Å². The van der Waals surface area contributed by atoms with Gasteiger partial charge in [-0.3, -0.25) is 5.32 Å². The van der Waals surface area contributed by atoms with Crippen molar-refractivity contribution in [2.75, 3.05) is 13.2 Å². The molecule has 0 bridgehead atoms. The van der Waals surface area contributed by atoms with Crippen molar-refractivity contribution in [2.24, 2.45) is 0 Å². The summed E-state index contributed by atoms with van der Waals surface area (Å²) in [5.41, 5.74) is -1.24. The Morgan fingerprint density at radius 3 is 2.38 bits per heavy atom. The SMILES string of the molecule is CC(C)(C)OC(=O)NC(C)(C)OCC1CO1. The smallest absolute Gasteiger partial charge is 0.409 e. The topological polar surface area (TPSA) is 60.1 Å². The van der Waals surface area contributed by atoms with Gasteiger partial charge in [0.05, 0.1) is 13.2 Å². The summed E-state index contributed by atoms with van der Waals surface area (Å²) in [7, 11) is 0. The fourth-order valence-corrected chi connectivity index (χ4v) is 1.05. The lowest BCUT2D eigenvalue weighted by atomic mass is 10.2. The van der Waals surface area contributed by atoms with Crippen LogP contribution in [0.2, 0.25) is 0 Å². The lowest BCUT2D eigenvalue weighted by Gasteiger charge is -2.28. The van der Waals surface area contributed by atoms with Gasteiger partial charge in [-0.1, -0.05) is 0 Å². The highest BCUT2D eigenvalue weighted by atomic mass is 16.6. The third-order valence-electron chi connectivity index (χ3n) is 1.83. The normalized spacial score (nSPS) is 20.4. The van der Waals surface area contributed by atoms with Crippen molar-refractivity contribution in [3.63, 3.8) is 0 Å². The Morgan fingerprint density at radius 1 is 1.38 bits per heavy atom. The van der Waals surface area contributed by atoms with Crippen LogP contribution in [0.4, 0.5) is 4.79 Å². The molecule has 0 radical (unpaired) electrons. The van der Waals surface area contributed by atoms with E-state index in [0.717, 1.165) is 6.61 Å². The molecule has 1 saturated heterocycles. The van der Waals surface area contributed by atoms with Crippen molar-refractivity contribution in [1.82, 2.24) is 5.32 Å². The Balaban J connectivity index is 2.29. The molecule has 0 aromatic rings. The van der Waals surface area contributed by atoms with Gasteiger partial charge in [-0.25, -0.2) is 4.79 Å². The Hall–Kier alpha value is -0.810. The van der Waals surface area contributed by atoms with E-state index in [1.165, 1.54) is 0 Å². The molecule has 1 rings (SSSR count). The number of ether oxygens (including phenoxy) is 3. The molecule has 94 valence electrons. The predicted octanol–water partition coefficient (Wildman–Crippen LogP) is 1.66. The number of amides is 1. The molecule has 1 amide bonds.